The molecule has 0 aliphatic carbocycles. The van der Waals surface area contributed by atoms with Gasteiger partial charge in [-0.15, -0.1) is 0 Å². The molecule has 0 saturated heterocycles. The first-order valence-corrected chi connectivity index (χ1v) is 7.86. The lowest BCUT2D eigenvalue weighted by atomic mass is 10.1. The minimum absolute atomic E-state index is 0.00960. The Hall–Kier alpha value is -2.66. The number of hydrogen-bond acceptors (Lipinski definition) is 3. The summed E-state index contributed by atoms with van der Waals surface area (Å²) >= 11 is 5.98. The number of para-hydroxylation sites is 1. The van der Waals surface area contributed by atoms with E-state index in [1.807, 2.05) is 6.92 Å². The molecular formula is C18H15ClN2O3. The zero-order valence-electron chi connectivity index (χ0n) is 13.0. The van der Waals surface area contributed by atoms with E-state index in [1.54, 1.807) is 42.5 Å². The van der Waals surface area contributed by atoms with Crippen LogP contribution in [0.1, 0.15) is 32.7 Å². The summed E-state index contributed by atoms with van der Waals surface area (Å²) in [5, 5.41) is 3.11. The number of carbonyl (C=O) groups is 3. The van der Waals surface area contributed by atoms with Gasteiger partial charge in [0.1, 0.15) is 0 Å². The van der Waals surface area contributed by atoms with E-state index in [1.165, 1.54) is 0 Å². The van der Waals surface area contributed by atoms with Crippen LogP contribution < -0.4 is 5.32 Å². The van der Waals surface area contributed by atoms with Crippen molar-refractivity contribution in [3.05, 3.63) is 64.2 Å². The normalized spacial score (nSPS) is 13.2. The average molecular weight is 343 g/mol. The van der Waals surface area contributed by atoms with Gasteiger partial charge in [0.2, 0.25) is 5.91 Å². The van der Waals surface area contributed by atoms with E-state index >= 15 is 0 Å². The maximum atomic E-state index is 12.3. The van der Waals surface area contributed by atoms with Gasteiger partial charge in [-0.2, -0.15) is 0 Å². The molecule has 1 aliphatic heterocycles. The quantitative estimate of drug-likeness (QED) is 0.867. The van der Waals surface area contributed by atoms with E-state index in [4.69, 9.17) is 11.6 Å². The SMILES string of the molecule is Cc1ccc2c(c1)C(=O)N(CCC(=O)Nc1ccccc1Cl)C2=O. The van der Waals surface area contributed by atoms with Gasteiger partial charge in [0.25, 0.3) is 11.8 Å². The molecule has 3 amide bonds. The topological polar surface area (TPSA) is 66.5 Å². The molecule has 122 valence electrons. The largest absolute Gasteiger partial charge is 0.325 e. The van der Waals surface area contributed by atoms with Gasteiger partial charge >= 0.3 is 0 Å². The molecular weight excluding hydrogens is 328 g/mol. The fourth-order valence-electron chi connectivity index (χ4n) is 2.60. The van der Waals surface area contributed by atoms with E-state index in [-0.39, 0.29) is 30.7 Å². The predicted molar refractivity (Wildman–Crippen MR) is 91.2 cm³/mol. The lowest BCUT2D eigenvalue weighted by Crippen LogP contribution is -2.32. The summed E-state index contributed by atoms with van der Waals surface area (Å²) < 4.78 is 0. The van der Waals surface area contributed by atoms with Crippen molar-refractivity contribution in [1.82, 2.24) is 4.90 Å². The van der Waals surface area contributed by atoms with Crippen molar-refractivity contribution in [2.24, 2.45) is 0 Å². The number of halogens is 1. The number of aryl methyl sites for hydroxylation is 1. The lowest BCUT2D eigenvalue weighted by molar-refractivity contribution is -0.116. The molecule has 0 fully saturated rings. The maximum absolute atomic E-state index is 12.3. The molecule has 24 heavy (non-hydrogen) atoms. The molecule has 0 radical (unpaired) electrons. The van der Waals surface area contributed by atoms with Crippen LogP contribution in [0.4, 0.5) is 5.69 Å². The van der Waals surface area contributed by atoms with Crippen LogP contribution in [0.15, 0.2) is 42.5 Å². The Morgan fingerprint density at radius 2 is 1.79 bits per heavy atom. The van der Waals surface area contributed by atoms with Crippen molar-refractivity contribution in [1.29, 1.82) is 0 Å². The Morgan fingerprint density at radius 1 is 1.08 bits per heavy atom. The molecule has 0 spiro atoms. The third kappa shape index (κ3) is 3.03. The van der Waals surface area contributed by atoms with E-state index in [2.05, 4.69) is 5.32 Å². The molecule has 2 aromatic rings. The summed E-state index contributed by atoms with van der Waals surface area (Å²) in [6.07, 6.45) is 0.00960. The van der Waals surface area contributed by atoms with Gasteiger partial charge < -0.3 is 5.32 Å². The molecule has 0 atom stereocenters. The summed E-state index contributed by atoms with van der Waals surface area (Å²) in [5.74, 6) is -1.03. The number of nitrogens with one attached hydrogen (secondary N) is 1. The zero-order chi connectivity index (χ0) is 17.3. The predicted octanol–water partition coefficient (Wildman–Crippen LogP) is 3.27. The molecule has 5 nitrogen and oxygen atoms in total. The molecule has 1 heterocycles. The van der Waals surface area contributed by atoms with E-state index in [0.717, 1.165) is 10.5 Å². The third-order valence-corrected chi connectivity index (χ3v) is 4.17. The Kier molecular flexibility index (Phi) is 4.36. The Labute approximate surface area is 144 Å². The third-order valence-electron chi connectivity index (χ3n) is 3.84. The van der Waals surface area contributed by atoms with E-state index in [0.29, 0.717) is 21.8 Å². The second-order valence-electron chi connectivity index (χ2n) is 5.59. The Balaban J connectivity index is 1.65. The number of nitrogens with zero attached hydrogens (tertiary/aromatic N) is 1. The molecule has 1 aliphatic rings. The minimum atomic E-state index is -0.361. The molecule has 0 aromatic heterocycles. The standard InChI is InChI=1S/C18H15ClN2O3/c1-11-6-7-12-13(10-11)18(24)21(17(12)23)9-8-16(22)20-15-5-3-2-4-14(15)19/h2-7,10H,8-9H2,1H3,(H,20,22). The highest BCUT2D eigenvalue weighted by molar-refractivity contribution is 6.33. The fraction of sp³-hybridized carbons (Fsp3) is 0.167. The summed E-state index contributed by atoms with van der Waals surface area (Å²) in [5.41, 5.74) is 2.19. The van der Waals surface area contributed by atoms with Crippen LogP contribution in [0, 0.1) is 6.92 Å². The van der Waals surface area contributed by atoms with Crippen LogP contribution in [-0.4, -0.2) is 29.2 Å². The highest BCUT2D eigenvalue weighted by Gasteiger charge is 2.35. The van der Waals surface area contributed by atoms with Crippen LogP contribution >= 0.6 is 11.6 Å². The fourth-order valence-corrected chi connectivity index (χ4v) is 2.78. The molecule has 3 rings (SSSR count). The van der Waals surface area contributed by atoms with Gasteiger partial charge in [-0.05, 0) is 31.2 Å². The number of fused-ring (bicyclic) bond motifs is 1. The number of imide groups is 1. The highest BCUT2D eigenvalue weighted by atomic mass is 35.5. The zero-order valence-corrected chi connectivity index (χ0v) is 13.8. The second-order valence-corrected chi connectivity index (χ2v) is 6.00. The Morgan fingerprint density at radius 3 is 2.54 bits per heavy atom. The van der Waals surface area contributed by atoms with Crippen LogP contribution in [0.25, 0.3) is 0 Å². The number of rotatable bonds is 4. The van der Waals surface area contributed by atoms with Crippen molar-refractivity contribution in [3.63, 3.8) is 0 Å². The average Bonchev–Trinajstić information content (AvgIpc) is 2.78. The summed E-state index contributed by atoms with van der Waals surface area (Å²) in [7, 11) is 0. The van der Waals surface area contributed by atoms with Gasteiger partial charge in [0.05, 0.1) is 21.8 Å². The van der Waals surface area contributed by atoms with Crippen molar-refractivity contribution in [2.75, 3.05) is 11.9 Å². The van der Waals surface area contributed by atoms with Crippen molar-refractivity contribution >= 4 is 35.0 Å². The number of hydrogen-bond donors (Lipinski definition) is 1. The summed E-state index contributed by atoms with van der Waals surface area (Å²) in [6.45, 7) is 1.89. The second kappa shape index (κ2) is 6.45. The molecule has 0 unspecified atom stereocenters. The van der Waals surface area contributed by atoms with Crippen molar-refractivity contribution in [2.45, 2.75) is 13.3 Å². The van der Waals surface area contributed by atoms with E-state index in [9.17, 15) is 14.4 Å². The smallest absolute Gasteiger partial charge is 0.261 e. The summed E-state index contributed by atoms with van der Waals surface area (Å²) in [6, 6.07) is 12.0. The summed E-state index contributed by atoms with van der Waals surface area (Å²) in [4.78, 5) is 37.8. The van der Waals surface area contributed by atoms with Gasteiger partial charge in [-0.3, -0.25) is 19.3 Å². The van der Waals surface area contributed by atoms with Gasteiger partial charge in [-0.25, -0.2) is 0 Å². The van der Waals surface area contributed by atoms with Crippen molar-refractivity contribution < 1.29 is 14.4 Å². The van der Waals surface area contributed by atoms with E-state index < -0.39 is 0 Å². The first-order chi connectivity index (χ1) is 11.5. The van der Waals surface area contributed by atoms with Gasteiger partial charge in [0, 0.05) is 13.0 Å². The monoisotopic (exact) mass is 342 g/mol. The first-order valence-electron chi connectivity index (χ1n) is 7.48. The van der Waals surface area contributed by atoms with Crippen LogP contribution in [0.3, 0.4) is 0 Å². The van der Waals surface area contributed by atoms with Gasteiger partial charge in [0.15, 0.2) is 0 Å². The lowest BCUT2D eigenvalue weighted by Gasteiger charge is -2.13. The minimum Gasteiger partial charge on any atom is -0.325 e. The van der Waals surface area contributed by atoms with Crippen LogP contribution in [0.5, 0.6) is 0 Å². The van der Waals surface area contributed by atoms with Gasteiger partial charge in [-0.1, -0.05) is 35.4 Å². The Bertz CT molecular complexity index is 848. The number of amides is 3. The number of carbonyl (C=O) groups excluding carboxylic acids is 3. The number of benzene rings is 2. The molecule has 0 saturated carbocycles. The van der Waals surface area contributed by atoms with Crippen LogP contribution in [-0.2, 0) is 4.79 Å². The van der Waals surface area contributed by atoms with Crippen molar-refractivity contribution in [3.8, 4) is 0 Å². The van der Waals surface area contributed by atoms with Crippen LogP contribution in [0.2, 0.25) is 5.02 Å². The molecule has 6 heteroatoms. The molecule has 2 aromatic carbocycles. The first kappa shape index (κ1) is 16.2. The molecule has 0 bridgehead atoms. The number of anilines is 1. The molecule has 1 N–H and O–H groups in total. The highest BCUT2D eigenvalue weighted by Crippen LogP contribution is 2.24. The maximum Gasteiger partial charge on any atom is 0.261 e.